The molecule has 9 heterocycles. The molecule has 21 N–H and O–H groups in total. The number of aryl methyl sites for hydroxylation is 7. The number of amides is 7. The van der Waals surface area contributed by atoms with Gasteiger partial charge in [0.1, 0.15) is 49.6 Å². The van der Waals surface area contributed by atoms with Gasteiger partial charge in [-0.05, 0) is 246 Å². The molecule has 9 aromatic heterocycles. The Balaban J connectivity index is 0.000000126. The summed E-state index contributed by atoms with van der Waals surface area (Å²) in [5, 5.41) is 27.2. The highest BCUT2D eigenvalue weighted by Gasteiger charge is 2.25. The largest absolute Gasteiger partial charge is 0.397 e. The van der Waals surface area contributed by atoms with Crippen LogP contribution in [-0.2, 0) is 0 Å². The van der Waals surface area contributed by atoms with Gasteiger partial charge in [0.2, 0.25) is 0 Å². The molecule has 7 amide bonds. The lowest BCUT2D eigenvalue weighted by molar-refractivity contribution is 0.102. The van der Waals surface area contributed by atoms with E-state index in [-0.39, 0.29) is 47.2 Å². The molecule has 0 aliphatic rings. The van der Waals surface area contributed by atoms with Crippen molar-refractivity contribution in [2.75, 3.05) is 77.4 Å². The number of carbonyl (C=O) groups is 7. The van der Waals surface area contributed by atoms with Crippen LogP contribution in [0, 0.1) is 54.3 Å². The molecule has 0 aliphatic heterocycles. The first kappa shape index (κ1) is 103. The summed E-state index contributed by atoms with van der Waals surface area (Å²) in [5.41, 5.74) is 59.2. The molecule has 0 radical (unpaired) electrons. The molecule has 0 atom stereocenters. The third kappa shape index (κ3) is 25.5. The van der Waals surface area contributed by atoms with E-state index in [2.05, 4.69) is 63.1 Å². The zero-order valence-electron chi connectivity index (χ0n) is 78.0. The molecule has 23 nitrogen and oxygen atoms in total. The monoisotopic (exact) mass is 2140 g/mol. The van der Waals surface area contributed by atoms with Gasteiger partial charge >= 0.3 is 0 Å². The molecule has 21 rings (SSSR count). The van der Waals surface area contributed by atoms with Crippen molar-refractivity contribution in [3.8, 4) is 0 Å². The SMILES string of the molecule is Cc1ccc(NC(=O)c2sc3ccc(C)cc3c2N)cc1.Cc1ccc(NC(=O)c2sc3ccc(C)cc3c2N)cc1.Cc1ccc2sc(C(=O)Nc3ccc(Cl)cc3)c(N)c2c1.Cc1ccc2sc(C(=O)Nc3ccc(F)cc3)c(N)c2c1.Cc1ccc2sc(C(=O)Nc3ccccc3)c(N)c2c1.Nc1c(C(=O)Nc2ccccc2)sc2ncc(Br)cc12.Nc1c(C(=O)Nc2ccccc2)sc2ncc(Cl)cc12. The second kappa shape index (κ2) is 46.5. The molecule has 0 aliphatic carbocycles. The fourth-order valence-electron chi connectivity index (χ4n) is 14.5. The van der Waals surface area contributed by atoms with Crippen LogP contribution in [0.1, 0.15) is 107 Å². The number of carbonyl (C=O) groups excluding carboxylic acids is 7. The van der Waals surface area contributed by atoms with E-state index in [1.54, 1.807) is 42.7 Å². The number of nitrogens with one attached hydrogen (secondary N) is 7. The highest BCUT2D eigenvalue weighted by molar-refractivity contribution is 9.10. The third-order valence-electron chi connectivity index (χ3n) is 21.9. The number of nitrogen functional groups attached to an aromatic ring is 7. The van der Waals surface area contributed by atoms with Crippen LogP contribution in [0.2, 0.25) is 10.0 Å². The summed E-state index contributed by atoms with van der Waals surface area (Å²) in [6.07, 6.45) is 3.23. The first-order valence-electron chi connectivity index (χ1n) is 44.2. The van der Waals surface area contributed by atoms with Crippen molar-refractivity contribution in [3.05, 3.63) is 397 Å². The van der Waals surface area contributed by atoms with Gasteiger partial charge in [-0.2, -0.15) is 0 Å². The predicted molar refractivity (Wildman–Crippen MR) is 611 cm³/mol. The van der Waals surface area contributed by atoms with Gasteiger partial charge in [0, 0.05) is 123 Å². The maximum Gasteiger partial charge on any atom is 0.267 e. The topological polar surface area (TPSA) is 412 Å². The molecule has 724 valence electrons. The number of hydrogen-bond acceptors (Lipinski definition) is 23. The van der Waals surface area contributed by atoms with Crippen LogP contribution in [0.15, 0.2) is 308 Å². The Kier molecular flexibility index (Phi) is 33.2. The summed E-state index contributed by atoms with van der Waals surface area (Å²) in [6.45, 7) is 14.1. The third-order valence-corrected chi connectivity index (χ3v) is 30.9. The van der Waals surface area contributed by atoms with Gasteiger partial charge in [-0.1, -0.05) is 171 Å². The molecular formula is C110H92BrCl2FN16O7S7. The zero-order valence-corrected chi connectivity index (χ0v) is 86.8. The Morgan fingerprint density at radius 1 is 0.250 bits per heavy atom. The number of benzene rings is 12. The first-order chi connectivity index (χ1) is 69.1. The standard InChI is InChI=1S/2C17H16N2OS.C16H13ClN2OS.C16H13FN2OS.C16H14N2OS.C14H10BrN3OS.C14H10ClN3OS/c2*1-10-3-6-12(7-4-10)19-17(20)16-15(18)13-9-11(2)5-8-14(13)21-16;2*1-9-2-7-13-12(8-9)14(18)15(21-13)16(20)19-11-5-3-10(17)4-6-11;1-10-7-8-13-12(9-10)14(17)15(20-13)16(19)18-11-5-3-2-4-6-11;2*15-8-6-10-11(16)12(20-14(10)17-7-8)13(19)18-9-4-2-1-3-5-9/h2*3-9H,18H2,1-2H3,(H,19,20);2*2-8H,18H2,1H3,(H,19,20);2-9H,17H2,1H3,(H,18,19);2*1-7H,16H2,(H,18,19). The van der Waals surface area contributed by atoms with E-state index in [0.29, 0.717) is 106 Å². The minimum Gasteiger partial charge on any atom is -0.397 e. The summed E-state index contributed by atoms with van der Waals surface area (Å²) in [6, 6.07) is 89.6. The molecule has 21 aromatic rings. The molecule has 0 bridgehead atoms. The maximum atomic E-state index is 12.9. The number of fused-ring (bicyclic) bond motifs is 7. The predicted octanol–water partition coefficient (Wildman–Crippen LogP) is 29.3. The van der Waals surface area contributed by atoms with Crippen molar-refractivity contribution in [1.82, 2.24) is 9.97 Å². The lowest BCUT2D eigenvalue weighted by Crippen LogP contribution is -2.11. The minimum atomic E-state index is -0.343. The number of nitrogens with two attached hydrogens (primary N) is 7. The maximum absolute atomic E-state index is 12.9. The van der Waals surface area contributed by atoms with Gasteiger partial charge in [-0.15, -0.1) is 79.4 Å². The number of hydrogen-bond donors (Lipinski definition) is 14. The van der Waals surface area contributed by atoms with E-state index in [1.165, 1.54) is 104 Å². The number of para-hydroxylation sites is 3. The Labute approximate surface area is 873 Å². The van der Waals surface area contributed by atoms with Crippen molar-refractivity contribution in [2.24, 2.45) is 0 Å². The van der Waals surface area contributed by atoms with Crippen LogP contribution in [0.3, 0.4) is 0 Å². The van der Waals surface area contributed by atoms with Gasteiger partial charge in [-0.25, -0.2) is 14.4 Å². The first-order valence-corrected chi connectivity index (χ1v) is 51.5. The zero-order chi connectivity index (χ0) is 102. The summed E-state index contributed by atoms with van der Waals surface area (Å²) in [7, 11) is 0. The fraction of sp³-hybridized carbons (Fsp3) is 0.0636. The number of pyridine rings is 2. The van der Waals surface area contributed by atoms with E-state index in [0.717, 1.165) is 133 Å². The number of aromatic nitrogens is 2. The van der Waals surface area contributed by atoms with Crippen LogP contribution in [0.5, 0.6) is 0 Å². The average molecular weight is 2140 g/mol. The lowest BCUT2D eigenvalue weighted by atomic mass is 10.1. The number of nitrogens with zero attached hydrogens (tertiary/aromatic N) is 2. The molecule has 34 heteroatoms. The fourth-order valence-corrected chi connectivity index (χ4v) is 22.0. The molecule has 144 heavy (non-hydrogen) atoms. The van der Waals surface area contributed by atoms with Gasteiger partial charge < -0.3 is 77.4 Å². The number of halogens is 4. The van der Waals surface area contributed by atoms with Crippen molar-refractivity contribution in [1.29, 1.82) is 0 Å². The van der Waals surface area contributed by atoms with Crippen molar-refractivity contribution in [2.45, 2.75) is 48.5 Å². The molecule has 0 fully saturated rings. The molecule has 0 spiro atoms. The van der Waals surface area contributed by atoms with Crippen LogP contribution in [0.4, 0.5) is 84.0 Å². The smallest absolute Gasteiger partial charge is 0.267 e. The summed E-state index contributed by atoms with van der Waals surface area (Å²) in [4.78, 5) is 99.8. The second-order valence-corrected chi connectivity index (χ2v) is 42.0. The second-order valence-electron chi connectivity index (χ2n) is 32.9. The van der Waals surface area contributed by atoms with Crippen molar-refractivity contribution in [3.63, 3.8) is 0 Å². The van der Waals surface area contributed by atoms with E-state index in [1.807, 2.05) is 285 Å². The summed E-state index contributed by atoms with van der Waals surface area (Å²) in [5.74, 6) is -1.75. The Morgan fingerprint density at radius 2 is 0.465 bits per heavy atom. The molecule has 0 unspecified atom stereocenters. The highest BCUT2D eigenvalue weighted by Crippen LogP contribution is 2.43. The molecule has 12 aromatic carbocycles. The average Bonchev–Trinajstić information content (AvgIpc) is 1.66. The molecule has 0 saturated carbocycles. The van der Waals surface area contributed by atoms with Crippen LogP contribution in [-0.4, -0.2) is 51.3 Å². The minimum absolute atomic E-state index is 0.157. The van der Waals surface area contributed by atoms with Gasteiger partial charge in [0.15, 0.2) is 0 Å². The van der Waals surface area contributed by atoms with E-state index in [4.69, 9.17) is 63.3 Å². The van der Waals surface area contributed by atoms with Crippen molar-refractivity contribution < 1.29 is 38.0 Å². The Bertz CT molecular complexity index is 7490. The number of thiophene rings is 7. The van der Waals surface area contributed by atoms with Gasteiger partial charge in [-0.3, -0.25) is 33.6 Å². The lowest BCUT2D eigenvalue weighted by Gasteiger charge is -2.04. The Morgan fingerprint density at radius 3 is 0.736 bits per heavy atom. The van der Waals surface area contributed by atoms with Gasteiger partial charge in [0.25, 0.3) is 41.4 Å². The van der Waals surface area contributed by atoms with Crippen molar-refractivity contribution >= 4 is 310 Å². The normalized spacial score (nSPS) is 10.7. The number of anilines is 14. The Hall–Kier alpha value is -15.5. The van der Waals surface area contributed by atoms with E-state index < -0.39 is 0 Å². The van der Waals surface area contributed by atoms with Gasteiger partial charge in [0.05, 0.1) is 44.8 Å². The quantitative estimate of drug-likeness (QED) is 0.0481. The molecular weight excluding hydrogens is 2050 g/mol. The molecule has 0 saturated heterocycles. The van der Waals surface area contributed by atoms with Crippen LogP contribution in [0.25, 0.3) is 70.9 Å². The van der Waals surface area contributed by atoms with Crippen LogP contribution >= 0.6 is 118 Å². The van der Waals surface area contributed by atoms with E-state index in [9.17, 15) is 38.0 Å². The summed E-state index contributed by atoms with van der Waals surface area (Å²) < 4.78 is 18.8. The summed E-state index contributed by atoms with van der Waals surface area (Å²) >= 11 is 24.6. The highest BCUT2D eigenvalue weighted by atomic mass is 79.9. The van der Waals surface area contributed by atoms with E-state index >= 15 is 0 Å². The van der Waals surface area contributed by atoms with Crippen LogP contribution < -0.4 is 77.4 Å². The number of rotatable bonds is 14.